The third kappa shape index (κ3) is 3.09. The summed E-state index contributed by atoms with van der Waals surface area (Å²) in [6.45, 7) is 0. The molecule has 82 valence electrons. The summed E-state index contributed by atoms with van der Waals surface area (Å²) in [5.41, 5.74) is 0.208. The molecule has 0 unspecified atom stereocenters. The van der Waals surface area contributed by atoms with Gasteiger partial charge < -0.3 is 9.84 Å². The zero-order chi connectivity index (χ0) is 11.4. The van der Waals surface area contributed by atoms with Crippen LogP contribution in [0.5, 0.6) is 5.75 Å². The molecule has 0 fully saturated rings. The summed E-state index contributed by atoms with van der Waals surface area (Å²) >= 11 is 5.78. The Kier molecular flexibility index (Phi) is 3.91. The molecule has 0 aromatic heterocycles. The Balaban J connectivity index is 2.92. The van der Waals surface area contributed by atoms with Gasteiger partial charge in [0.05, 0.1) is 12.1 Å². The van der Waals surface area contributed by atoms with E-state index in [1.165, 1.54) is 19.2 Å². The molecule has 0 aliphatic heterocycles. The molecule has 1 rings (SSSR count). The molecule has 0 saturated heterocycles. The van der Waals surface area contributed by atoms with Crippen molar-refractivity contribution in [3.63, 3.8) is 0 Å². The Morgan fingerprint density at radius 3 is 2.73 bits per heavy atom. The summed E-state index contributed by atoms with van der Waals surface area (Å²) in [5, 5.41) is 8.66. The second-order valence-corrected chi connectivity index (χ2v) is 3.37. The minimum absolute atomic E-state index is 0.0734. The van der Waals surface area contributed by atoms with Crippen molar-refractivity contribution in [1.82, 2.24) is 0 Å². The molecule has 0 atom stereocenters. The fraction of sp³-hybridized carbons (Fsp3) is 0.300. The van der Waals surface area contributed by atoms with E-state index in [1.807, 2.05) is 0 Å². The second kappa shape index (κ2) is 4.98. The van der Waals surface area contributed by atoms with Gasteiger partial charge in [0, 0.05) is 18.1 Å². The average Bonchev–Trinajstić information content (AvgIpc) is 2.15. The highest BCUT2D eigenvalue weighted by molar-refractivity contribution is 6.31. The maximum absolute atomic E-state index is 13.4. The van der Waals surface area contributed by atoms with Gasteiger partial charge in [-0.25, -0.2) is 4.39 Å². The van der Waals surface area contributed by atoms with Gasteiger partial charge >= 0.3 is 5.97 Å². The molecule has 15 heavy (non-hydrogen) atoms. The van der Waals surface area contributed by atoms with Crippen molar-refractivity contribution in [1.29, 1.82) is 0 Å². The summed E-state index contributed by atoms with van der Waals surface area (Å²) in [4.78, 5) is 10.3. The molecular formula is C10H10ClFO3. The third-order valence-corrected chi connectivity index (χ3v) is 2.28. The second-order valence-electron chi connectivity index (χ2n) is 2.96. The fourth-order valence-electron chi connectivity index (χ4n) is 1.17. The van der Waals surface area contributed by atoms with E-state index in [4.69, 9.17) is 21.4 Å². The Morgan fingerprint density at radius 2 is 2.27 bits per heavy atom. The Labute approximate surface area is 91.4 Å². The summed E-state index contributed by atoms with van der Waals surface area (Å²) in [6.07, 6.45) is -0.0764. The van der Waals surface area contributed by atoms with Crippen LogP contribution in [-0.2, 0) is 11.2 Å². The van der Waals surface area contributed by atoms with Crippen LogP contribution >= 0.6 is 11.6 Å². The van der Waals surface area contributed by atoms with E-state index in [2.05, 4.69) is 0 Å². The zero-order valence-electron chi connectivity index (χ0n) is 8.09. The minimum atomic E-state index is -0.985. The van der Waals surface area contributed by atoms with E-state index in [1.54, 1.807) is 0 Å². The molecule has 0 amide bonds. The molecular weight excluding hydrogens is 223 g/mol. The number of hydrogen-bond donors (Lipinski definition) is 1. The highest BCUT2D eigenvalue weighted by Gasteiger charge is 2.11. The van der Waals surface area contributed by atoms with Crippen LogP contribution in [0.1, 0.15) is 12.0 Å². The van der Waals surface area contributed by atoms with Crippen molar-refractivity contribution in [3.8, 4) is 5.75 Å². The first-order chi connectivity index (χ1) is 7.04. The zero-order valence-corrected chi connectivity index (χ0v) is 8.84. The van der Waals surface area contributed by atoms with Crippen LogP contribution in [0.3, 0.4) is 0 Å². The van der Waals surface area contributed by atoms with Gasteiger partial charge in [-0.1, -0.05) is 11.6 Å². The van der Waals surface area contributed by atoms with Crippen LogP contribution in [0.25, 0.3) is 0 Å². The maximum Gasteiger partial charge on any atom is 0.303 e. The van der Waals surface area contributed by atoms with Gasteiger partial charge in [0.15, 0.2) is 0 Å². The Bertz CT molecular complexity index is 356. The molecule has 0 spiro atoms. The average molecular weight is 233 g/mol. The lowest BCUT2D eigenvalue weighted by Crippen LogP contribution is -2.00. The Hall–Kier alpha value is -1.29. The molecule has 1 aromatic carbocycles. The van der Waals surface area contributed by atoms with Crippen LogP contribution in [0, 0.1) is 5.82 Å². The predicted molar refractivity (Wildman–Crippen MR) is 53.9 cm³/mol. The molecule has 0 radical (unpaired) electrons. The van der Waals surface area contributed by atoms with E-state index in [9.17, 15) is 9.18 Å². The fourth-order valence-corrected chi connectivity index (χ4v) is 1.46. The first-order valence-corrected chi connectivity index (χ1v) is 4.66. The smallest absolute Gasteiger partial charge is 0.303 e. The number of carboxylic acid groups (broad SMARTS) is 1. The monoisotopic (exact) mass is 232 g/mol. The van der Waals surface area contributed by atoms with Gasteiger partial charge in [0.25, 0.3) is 0 Å². The summed E-state index contributed by atoms with van der Waals surface area (Å²) in [6, 6.07) is 2.64. The van der Waals surface area contributed by atoms with Crippen molar-refractivity contribution in [3.05, 3.63) is 28.5 Å². The van der Waals surface area contributed by atoms with E-state index in [0.717, 1.165) is 0 Å². The maximum atomic E-state index is 13.4. The van der Waals surface area contributed by atoms with Gasteiger partial charge in [-0.3, -0.25) is 4.79 Å². The molecule has 0 saturated carbocycles. The lowest BCUT2D eigenvalue weighted by atomic mass is 10.1. The van der Waals surface area contributed by atoms with Gasteiger partial charge in [-0.2, -0.15) is 0 Å². The van der Waals surface area contributed by atoms with Crippen LogP contribution in [0.4, 0.5) is 4.39 Å². The van der Waals surface area contributed by atoms with Crippen molar-refractivity contribution in [2.24, 2.45) is 0 Å². The number of ether oxygens (including phenoxy) is 1. The molecule has 0 aliphatic rings. The van der Waals surface area contributed by atoms with Crippen molar-refractivity contribution < 1.29 is 19.0 Å². The van der Waals surface area contributed by atoms with E-state index >= 15 is 0 Å². The molecule has 5 heteroatoms. The number of halogens is 2. The number of rotatable bonds is 4. The van der Waals surface area contributed by atoms with Crippen molar-refractivity contribution in [2.75, 3.05) is 7.11 Å². The number of carboxylic acids is 1. The van der Waals surface area contributed by atoms with Crippen LogP contribution in [0.2, 0.25) is 5.02 Å². The molecule has 1 N–H and O–H groups in total. The van der Waals surface area contributed by atoms with Gasteiger partial charge in [0.2, 0.25) is 0 Å². The predicted octanol–water partition coefficient (Wildman–Crippen LogP) is 2.50. The van der Waals surface area contributed by atoms with Crippen molar-refractivity contribution >= 4 is 17.6 Å². The normalized spacial score (nSPS) is 10.1. The quantitative estimate of drug-likeness (QED) is 0.868. The molecule has 1 aromatic rings. The molecule has 0 aliphatic carbocycles. The summed E-state index contributed by atoms with van der Waals surface area (Å²) in [5.74, 6) is -1.21. The highest BCUT2D eigenvalue weighted by atomic mass is 35.5. The van der Waals surface area contributed by atoms with E-state index in [0.29, 0.717) is 5.75 Å². The minimum Gasteiger partial charge on any atom is -0.497 e. The largest absolute Gasteiger partial charge is 0.497 e. The van der Waals surface area contributed by atoms with Gasteiger partial charge in [-0.15, -0.1) is 0 Å². The van der Waals surface area contributed by atoms with Gasteiger partial charge in [0.1, 0.15) is 11.6 Å². The highest BCUT2D eigenvalue weighted by Crippen LogP contribution is 2.26. The molecule has 3 nitrogen and oxygen atoms in total. The molecule has 0 heterocycles. The molecule has 0 bridgehead atoms. The number of hydrogen-bond acceptors (Lipinski definition) is 2. The summed E-state index contributed by atoms with van der Waals surface area (Å²) < 4.78 is 18.2. The van der Waals surface area contributed by atoms with Crippen LogP contribution in [-0.4, -0.2) is 18.2 Å². The van der Waals surface area contributed by atoms with Crippen LogP contribution in [0.15, 0.2) is 12.1 Å². The number of methoxy groups -OCH3 is 1. The number of carbonyl (C=O) groups is 1. The van der Waals surface area contributed by atoms with Crippen molar-refractivity contribution in [2.45, 2.75) is 12.8 Å². The van der Waals surface area contributed by atoms with Gasteiger partial charge in [-0.05, 0) is 12.5 Å². The van der Waals surface area contributed by atoms with Crippen LogP contribution < -0.4 is 4.74 Å². The lowest BCUT2D eigenvalue weighted by molar-refractivity contribution is -0.136. The lowest BCUT2D eigenvalue weighted by Gasteiger charge is -2.07. The standard InChI is InChI=1S/C10H10ClFO3/c1-15-6-4-8(11)7(9(12)5-6)2-3-10(13)14/h4-5H,2-3H2,1H3,(H,13,14). The SMILES string of the molecule is COc1cc(F)c(CCC(=O)O)c(Cl)c1. The first kappa shape index (κ1) is 11.8. The topological polar surface area (TPSA) is 46.5 Å². The van der Waals surface area contributed by atoms with E-state index in [-0.39, 0.29) is 23.4 Å². The number of aliphatic carboxylic acids is 1. The first-order valence-electron chi connectivity index (χ1n) is 4.28. The third-order valence-electron chi connectivity index (χ3n) is 1.94. The Morgan fingerprint density at radius 1 is 1.60 bits per heavy atom. The van der Waals surface area contributed by atoms with E-state index < -0.39 is 11.8 Å². The number of benzene rings is 1. The summed E-state index contributed by atoms with van der Waals surface area (Å²) in [7, 11) is 1.40.